The molecule has 3 aliphatic heterocycles. The molecule has 0 unspecified atom stereocenters. The number of carbonyl (C=O) groups is 2. The molecule has 8 heteroatoms. The van der Waals surface area contributed by atoms with E-state index in [-0.39, 0.29) is 11.8 Å². The number of rotatable bonds is 2. The van der Waals surface area contributed by atoms with Crippen LogP contribution in [0.4, 0.5) is 0 Å². The first-order chi connectivity index (χ1) is 11.7. The number of amides is 2. The smallest absolute Gasteiger partial charge is 0.274 e. The van der Waals surface area contributed by atoms with E-state index in [1.54, 1.807) is 4.90 Å². The average molecular weight is 334 g/mol. The number of fused-ring (bicyclic) bond motifs is 1. The number of aromatic nitrogens is 2. The number of likely N-dealkylation sites (tertiary alicyclic amines) is 1. The van der Waals surface area contributed by atoms with Crippen molar-refractivity contribution in [2.75, 3.05) is 39.5 Å². The van der Waals surface area contributed by atoms with Gasteiger partial charge in [0.1, 0.15) is 0 Å². The summed E-state index contributed by atoms with van der Waals surface area (Å²) in [5, 5.41) is 4.43. The van der Waals surface area contributed by atoms with Gasteiger partial charge in [0.05, 0.1) is 38.6 Å². The maximum Gasteiger partial charge on any atom is 0.274 e. The SMILES string of the molecule is O=C(c1cc2n(n1)CCN(C(=O)[C@@H]1COCCO1)C2)N1CCCC1. The molecule has 0 aromatic carbocycles. The molecular formula is C16H22N4O4. The molecule has 1 aromatic heterocycles. The van der Waals surface area contributed by atoms with Crippen LogP contribution in [0.3, 0.4) is 0 Å². The molecular weight excluding hydrogens is 312 g/mol. The van der Waals surface area contributed by atoms with Crippen molar-refractivity contribution in [2.24, 2.45) is 0 Å². The lowest BCUT2D eigenvalue weighted by Gasteiger charge is -2.32. The summed E-state index contributed by atoms with van der Waals surface area (Å²) in [7, 11) is 0. The van der Waals surface area contributed by atoms with Gasteiger partial charge in [-0.3, -0.25) is 14.3 Å². The predicted molar refractivity (Wildman–Crippen MR) is 83.3 cm³/mol. The summed E-state index contributed by atoms with van der Waals surface area (Å²) in [6.45, 7) is 4.56. The molecule has 2 amide bonds. The van der Waals surface area contributed by atoms with Crippen LogP contribution in [0.5, 0.6) is 0 Å². The van der Waals surface area contributed by atoms with Crippen LogP contribution in [0.25, 0.3) is 0 Å². The van der Waals surface area contributed by atoms with Crippen molar-refractivity contribution in [2.45, 2.75) is 32.0 Å². The summed E-state index contributed by atoms with van der Waals surface area (Å²) in [6, 6.07) is 1.82. The van der Waals surface area contributed by atoms with E-state index in [1.165, 1.54) is 0 Å². The third kappa shape index (κ3) is 2.91. The molecule has 0 aliphatic carbocycles. The Hall–Kier alpha value is -1.93. The molecule has 4 heterocycles. The maximum atomic E-state index is 12.5. The summed E-state index contributed by atoms with van der Waals surface area (Å²) < 4.78 is 12.6. The standard InChI is InChI=1S/C16H22N4O4/c21-15(18-3-1-2-4-18)13-9-12-10-19(5-6-20(12)17-13)16(22)14-11-23-7-8-24-14/h9,14H,1-8,10-11H2/t14-/m0/s1. The highest BCUT2D eigenvalue weighted by atomic mass is 16.6. The van der Waals surface area contributed by atoms with Crippen LogP contribution in [-0.2, 0) is 27.4 Å². The van der Waals surface area contributed by atoms with Gasteiger partial charge in [-0.05, 0) is 18.9 Å². The topological polar surface area (TPSA) is 76.9 Å². The molecule has 1 atom stereocenters. The van der Waals surface area contributed by atoms with Crippen LogP contribution in [-0.4, -0.2) is 77.0 Å². The van der Waals surface area contributed by atoms with E-state index in [1.807, 2.05) is 15.6 Å². The van der Waals surface area contributed by atoms with E-state index in [0.29, 0.717) is 45.1 Å². The minimum Gasteiger partial charge on any atom is -0.376 e. The molecule has 3 aliphatic rings. The third-order valence-electron chi connectivity index (χ3n) is 4.81. The van der Waals surface area contributed by atoms with Crippen molar-refractivity contribution in [3.63, 3.8) is 0 Å². The first-order valence-electron chi connectivity index (χ1n) is 8.56. The van der Waals surface area contributed by atoms with Gasteiger partial charge in [0.25, 0.3) is 11.8 Å². The first kappa shape index (κ1) is 15.6. The summed E-state index contributed by atoms with van der Waals surface area (Å²) in [5.41, 5.74) is 1.38. The Kier molecular flexibility index (Phi) is 4.24. The van der Waals surface area contributed by atoms with Crippen molar-refractivity contribution >= 4 is 11.8 Å². The van der Waals surface area contributed by atoms with Gasteiger partial charge in [0.15, 0.2) is 11.8 Å². The van der Waals surface area contributed by atoms with E-state index < -0.39 is 6.10 Å². The van der Waals surface area contributed by atoms with Gasteiger partial charge in [0.2, 0.25) is 0 Å². The molecule has 0 N–H and O–H groups in total. The fourth-order valence-corrected chi connectivity index (χ4v) is 3.48. The molecule has 0 spiro atoms. The Morgan fingerprint density at radius 1 is 1.08 bits per heavy atom. The van der Waals surface area contributed by atoms with E-state index in [2.05, 4.69) is 5.10 Å². The van der Waals surface area contributed by atoms with Crippen LogP contribution >= 0.6 is 0 Å². The summed E-state index contributed by atoms with van der Waals surface area (Å²) >= 11 is 0. The highest BCUT2D eigenvalue weighted by Crippen LogP contribution is 2.18. The second-order valence-corrected chi connectivity index (χ2v) is 6.44. The Labute approximate surface area is 140 Å². The number of carbonyl (C=O) groups excluding carboxylic acids is 2. The Morgan fingerprint density at radius 3 is 2.67 bits per heavy atom. The van der Waals surface area contributed by atoms with Gasteiger partial charge in [0, 0.05) is 19.6 Å². The van der Waals surface area contributed by atoms with Crippen molar-refractivity contribution in [3.05, 3.63) is 17.5 Å². The van der Waals surface area contributed by atoms with Gasteiger partial charge in [-0.1, -0.05) is 0 Å². The Morgan fingerprint density at radius 2 is 1.92 bits per heavy atom. The second kappa shape index (κ2) is 6.52. The van der Waals surface area contributed by atoms with E-state index in [4.69, 9.17) is 9.47 Å². The zero-order valence-corrected chi connectivity index (χ0v) is 13.6. The Balaban J connectivity index is 1.45. The normalized spacial score (nSPS) is 24.1. The van der Waals surface area contributed by atoms with Crippen LogP contribution < -0.4 is 0 Å². The van der Waals surface area contributed by atoms with Crippen molar-refractivity contribution < 1.29 is 19.1 Å². The zero-order chi connectivity index (χ0) is 16.5. The van der Waals surface area contributed by atoms with Gasteiger partial charge in [-0.2, -0.15) is 5.10 Å². The number of nitrogens with zero attached hydrogens (tertiary/aromatic N) is 4. The fourth-order valence-electron chi connectivity index (χ4n) is 3.48. The quantitative estimate of drug-likeness (QED) is 0.753. The summed E-state index contributed by atoms with van der Waals surface area (Å²) in [5.74, 6) is -0.0501. The van der Waals surface area contributed by atoms with Gasteiger partial charge < -0.3 is 19.3 Å². The van der Waals surface area contributed by atoms with E-state index in [9.17, 15) is 9.59 Å². The van der Waals surface area contributed by atoms with Crippen LogP contribution in [0.15, 0.2) is 6.07 Å². The highest BCUT2D eigenvalue weighted by Gasteiger charge is 2.31. The number of ether oxygens (including phenoxy) is 2. The molecule has 0 bridgehead atoms. The van der Waals surface area contributed by atoms with E-state index in [0.717, 1.165) is 31.6 Å². The minimum absolute atomic E-state index is 0.00343. The Bertz CT molecular complexity index is 632. The summed E-state index contributed by atoms with van der Waals surface area (Å²) in [6.07, 6.45) is 1.61. The van der Waals surface area contributed by atoms with Crippen molar-refractivity contribution in [1.29, 1.82) is 0 Å². The third-order valence-corrected chi connectivity index (χ3v) is 4.81. The van der Waals surface area contributed by atoms with Crippen LogP contribution in [0.2, 0.25) is 0 Å². The van der Waals surface area contributed by atoms with Crippen molar-refractivity contribution in [1.82, 2.24) is 19.6 Å². The second-order valence-electron chi connectivity index (χ2n) is 6.44. The molecule has 130 valence electrons. The number of hydrogen-bond donors (Lipinski definition) is 0. The lowest BCUT2D eigenvalue weighted by Crippen LogP contribution is -2.47. The lowest BCUT2D eigenvalue weighted by atomic mass is 10.2. The predicted octanol–water partition coefficient (Wildman–Crippen LogP) is -0.123. The molecule has 24 heavy (non-hydrogen) atoms. The lowest BCUT2D eigenvalue weighted by molar-refractivity contribution is -0.159. The fraction of sp³-hybridized carbons (Fsp3) is 0.688. The average Bonchev–Trinajstić information content (AvgIpc) is 3.30. The van der Waals surface area contributed by atoms with E-state index >= 15 is 0 Å². The molecule has 0 radical (unpaired) electrons. The van der Waals surface area contributed by atoms with Gasteiger partial charge in [-0.25, -0.2) is 0 Å². The van der Waals surface area contributed by atoms with Gasteiger partial charge >= 0.3 is 0 Å². The molecule has 1 aromatic rings. The monoisotopic (exact) mass is 334 g/mol. The van der Waals surface area contributed by atoms with Gasteiger partial charge in [-0.15, -0.1) is 0 Å². The summed E-state index contributed by atoms with van der Waals surface area (Å²) in [4.78, 5) is 28.6. The van der Waals surface area contributed by atoms with Crippen LogP contribution in [0, 0.1) is 0 Å². The number of hydrogen-bond acceptors (Lipinski definition) is 5. The van der Waals surface area contributed by atoms with Crippen molar-refractivity contribution in [3.8, 4) is 0 Å². The largest absolute Gasteiger partial charge is 0.376 e. The highest BCUT2D eigenvalue weighted by molar-refractivity contribution is 5.92. The zero-order valence-electron chi connectivity index (χ0n) is 13.6. The molecule has 8 nitrogen and oxygen atoms in total. The minimum atomic E-state index is -0.515. The maximum absolute atomic E-state index is 12.5. The molecule has 4 rings (SSSR count). The molecule has 2 saturated heterocycles. The molecule has 0 saturated carbocycles. The van der Waals surface area contributed by atoms with Crippen LogP contribution in [0.1, 0.15) is 29.0 Å². The molecule has 2 fully saturated rings. The first-order valence-corrected chi connectivity index (χ1v) is 8.56.